The van der Waals surface area contributed by atoms with Crippen molar-refractivity contribution in [2.75, 3.05) is 19.8 Å². The number of nitrogens with two attached hydrogens (primary N) is 1. The SMILES string of the molecule is NC(=O)c1ccc(F)c(OCCOC2CCCCO2)c1-c1cccc2c(C3CC3)cccc12. The van der Waals surface area contributed by atoms with Crippen LogP contribution in [0.4, 0.5) is 4.39 Å². The average Bonchev–Trinajstić information content (AvgIpc) is 3.67. The smallest absolute Gasteiger partial charge is 0.249 e. The molecule has 0 radical (unpaired) electrons. The summed E-state index contributed by atoms with van der Waals surface area (Å²) < 4.78 is 32.2. The lowest BCUT2D eigenvalue weighted by molar-refractivity contribution is -0.165. The van der Waals surface area contributed by atoms with Crippen LogP contribution in [0.15, 0.2) is 48.5 Å². The number of amides is 1. The zero-order chi connectivity index (χ0) is 22.8. The Morgan fingerprint density at radius 3 is 2.58 bits per heavy atom. The minimum atomic E-state index is -0.628. The van der Waals surface area contributed by atoms with Gasteiger partial charge < -0.3 is 19.9 Å². The molecule has 0 bridgehead atoms. The van der Waals surface area contributed by atoms with Crippen LogP contribution in [0.2, 0.25) is 0 Å². The van der Waals surface area contributed by atoms with Crippen LogP contribution in [0.25, 0.3) is 21.9 Å². The monoisotopic (exact) mass is 449 g/mol. The largest absolute Gasteiger partial charge is 0.487 e. The maximum Gasteiger partial charge on any atom is 0.249 e. The third kappa shape index (κ3) is 4.59. The van der Waals surface area contributed by atoms with E-state index in [1.165, 1.54) is 30.5 Å². The number of hydrogen-bond donors (Lipinski definition) is 1. The molecule has 1 saturated carbocycles. The molecule has 0 spiro atoms. The second-order valence-corrected chi connectivity index (χ2v) is 8.70. The minimum Gasteiger partial charge on any atom is -0.487 e. The van der Waals surface area contributed by atoms with Crippen molar-refractivity contribution in [3.63, 3.8) is 0 Å². The number of ether oxygens (including phenoxy) is 3. The lowest BCUT2D eigenvalue weighted by Gasteiger charge is -2.23. The second kappa shape index (κ2) is 9.49. The van der Waals surface area contributed by atoms with E-state index in [1.807, 2.05) is 24.3 Å². The van der Waals surface area contributed by atoms with Crippen LogP contribution in [0.3, 0.4) is 0 Å². The fraction of sp³-hybridized carbons (Fsp3) is 0.370. The lowest BCUT2D eigenvalue weighted by atomic mass is 9.91. The number of hydrogen-bond acceptors (Lipinski definition) is 4. The highest BCUT2D eigenvalue weighted by atomic mass is 19.1. The first-order chi connectivity index (χ1) is 16.1. The Labute approximate surface area is 192 Å². The fourth-order valence-corrected chi connectivity index (χ4v) is 4.64. The maximum atomic E-state index is 15.0. The molecule has 1 unspecified atom stereocenters. The minimum absolute atomic E-state index is 0.0174. The molecule has 33 heavy (non-hydrogen) atoms. The summed E-state index contributed by atoms with van der Waals surface area (Å²) in [6.07, 6.45) is 5.05. The molecule has 1 amide bonds. The summed E-state index contributed by atoms with van der Waals surface area (Å²) in [6, 6.07) is 14.7. The number of carbonyl (C=O) groups excluding carboxylic acids is 1. The van der Waals surface area contributed by atoms with Crippen LogP contribution >= 0.6 is 0 Å². The molecule has 1 aliphatic heterocycles. The first-order valence-corrected chi connectivity index (χ1v) is 11.6. The normalized spacial score (nSPS) is 18.4. The summed E-state index contributed by atoms with van der Waals surface area (Å²) in [6.45, 7) is 1.07. The number of fused-ring (bicyclic) bond motifs is 1. The van der Waals surface area contributed by atoms with Gasteiger partial charge in [0, 0.05) is 12.2 Å². The van der Waals surface area contributed by atoms with E-state index >= 15 is 4.39 Å². The second-order valence-electron chi connectivity index (χ2n) is 8.70. The van der Waals surface area contributed by atoms with Gasteiger partial charge in [-0.05, 0) is 72.1 Å². The van der Waals surface area contributed by atoms with E-state index in [2.05, 4.69) is 12.1 Å². The van der Waals surface area contributed by atoms with Gasteiger partial charge in [0.15, 0.2) is 17.9 Å². The molecular formula is C27H28FNO4. The molecule has 2 fully saturated rings. The molecule has 2 aliphatic rings. The van der Waals surface area contributed by atoms with Crippen LogP contribution in [-0.2, 0) is 9.47 Å². The summed E-state index contributed by atoms with van der Waals surface area (Å²) in [5.41, 5.74) is 8.33. The molecule has 5 rings (SSSR count). The molecule has 6 heteroatoms. The van der Waals surface area contributed by atoms with Gasteiger partial charge in [-0.15, -0.1) is 0 Å². The van der Waals surface area contributed by atoms with Gasteiger partial charge in [0.05, 0.1) is 12.2 Å². The van der Waals surface area contributed by atoms with Crippen LogP contribution in [0.5, 0.6) is 5.75 Å². The molecule has 172 valence electrons. The Morgan fingerprint density at radius 1 is 1.00 bits per heavy atom. The Morgan fingerprint density at radius 2 is 1.82 bits per heavy atom. The summed E-state index contributed by atoms with van der Waals surface area (Å²) in [7, 11) is 0. The molecule has 2 N–H and O–H groups in total. The molecule has 1 heterocycles. The van der Waals surface area contributed by atoms with E-state index in [1.54, 1.807) is 0 Å². The number of rotatable bonds is 8. The van der Waals surface area contributed by atoms with Crippen molar-refractivity contribution < 1.29 is 23.4 Å². The van der Waals surface area contributed by atoms with E-state index in [-0.39, 0.29) is 30.8 Å². The lowest BCUT2D eigenvalue weighted by Crippen LogP contribution is -2.24. The summed E-state index contributed by atoms with van der Waals surface area (Å²) >= 11 is 0. The van der Waals surface area contributed by atoms with Crippen LogP contribution in [0, 0.1) is 5.82 Å². The third-order valence-corrected chi connectivity index (χ3v) is 6.39. The molecule has 3 aromatic rings. The van der Waals surface area contributed by atoms with E-state index < -0.39 is 11.7 Å². The zero-order valence-electron chi connectivity index (χ0n) is 18.5. The van der Waals surface area contributed by atoms with Crippen molar-refractivity contribution in [2.24, 2.45) is 5.73 Å². The summed E-state index contributed by atoms with van der Waals surface area (Å²) in [5, 5.41) is 2.06. The standard InChI is InChI=1S/C27H28FNO4/c28-23-13-12-22(27(29)30)25(26(23)33-16-15-32-24-9-1-2-14-31-24)21-8-4-6-19-18(17-10-11-17)5-3-7-20(19)21/h3-8,12-13,17,24H,1-2,9-11,14-16H2,(H2,29,30). The van der Waals surface area contributed by atoms with Crippen molar-refractivity contribution in [1.82, 2.24) is 0 Å². The Bertz CT molecular complexity index is 1170. The molecule has 0 aromatic heterocycles. The van der Waals surface area contributed by atoms with Crippen molar-refractivity contribution in [1.29, 1.82) is 0 Å². The Kier molecular flexibility index (Phi) is 6.29. The number of halogens is 1. The summed E-state index contributed by atoms with van der Waals surface area (Å²) in [5.74, 6) is -0.595. The maximum absolute atomic E-state index is 15.0. The zero-order valence-corrected chi connectivity index (χ0v) is 18.5. The van der Waals surface area contributed by atoms with Gasteiger partial charge in [0.1, 0.15) is 6.61 Å². The predicted octanol–water partition coefficient (Wildman–Crippen LogP) is 5.54. The molecule has 3 aromatic carbocycles. The first kappa shape index (κ1) is 21.9. The van der Waals surface area contributed by atoms with Crippen molar-refractivity contribution in [3.05, 3.63) is 65.5 Å². The number of benzene rings is 3. The number of carbonyl (C=O) groups is 1. The van der Waals surface area contributed by atoms with Crippen LogP contribution in [-0.4, -0.2) is 32.0 Å². The van der Waals surface area contributed by atoms with Gasteiger partial charge in [0.25, 0.3) is 0 Å². The van der Waals surface area contributed by atoms with E-state index in [0.717, 1.165) is 35.6 Å². The third-order valence-electron chi connectivity index (χ3n) is 6.39. The molecule has 1 aliphatic carbocycles. The topological polar surface area (TPSA) is 70.8 Å². The highest BCUT2D eigenvalue weighted by molar-refractivity contribution is 6.07. The summed E-state index contributed by atoms with van der Waals surface area (Å²) in [4.78, 5) is 12.3. The van der Waals surface area contributed by atoms with E-state index in [4.69, 9.17) is 19.9 Å². The molecule has 1 atom stereocenters. The van der Waals surface area contributed by atoms with Gasteiger partial charge in [-0.25, -0.2) is 4.39 Å². The fourth-order valence-electron chi connectivity index (χ4n) is 4.64. The van der Waals surface area contributed by atoms with Gasteiger partial charge in [-0.3, -0.25) is 4.79 Å². The van der Waals surface area contributed by atoms with Crippen molar-refractivity contribution >= 4 is 16.7 Å². The van der Waals surface area contributed by atoms with E-state index in [9.17, 15) is 4.79 Å². The van der Waals surface area contributed by atoms with Gasteiger partial charge in [-0.2, -0.15) is 0 Å². The number of primary amides is 1. The first-order valence-electron chi connectivity index (χ1n) is 11.6. The van der Waals surface area contributed by atoms with Gasteiger partial charge in [0.2, 0.25) is 5.91 Å². The van der Waals surface area contributed by atoms with Crippen LogP contribution in [0.1, 0.15) is 53.9 Å². The molecule has 1 saturated heterocycles. The van der Waals surface area contributed by atoms with Gasteiger partial charge >= 0.3 is 0 Å². The van der Waals surface area contributed by atoms with Gasteiger partial charge in [-0.1, -0.05) is 36.4 Å². The van der Waals surface area contributed by atoms with Crippen molar-refractivity contribution in [3.8, 4) is 16.9 Å². The Balaban J connectivity index is 1.50. The highest BCUT2D eigenvalue weighted by Crippen LogP contribution is 2.46. The quantitative estimate of drug-likeness (QED) is 0.458. The highest BCUT2D eigenvalue weighted by Gasteiger charge is 2.27. The Hall–Kier alpha value is -2.96. The van der Waals surface area contributed by atoms with E-state index in [0.29, 0.717) is 18.1 Å². The average molecular weight is 450 g/mol. The van der Waals surface area contributed by atoms with Crippen LogP contribution < -0.4 is 10.5 Å². The van der Waals surface area contributed by atoms with Crippen molar-refractivity contribution in [2.45, 2.75) is 44.3 Å². The predicted molar refractivity (Wildman–Crippen MR) is 125 cm³/mol. The molecule has 5 nitrogen and oxygen atoms in total. The molecular weight excluding hydrogens is 421 g/mol.